The van der Waals surface area contributed by atoms with Gasteiger partial charge in [-0.05, 0) is 25.3 Å². The Morgan fingerprint density at radius 3 is 2.96 bits per heavy atom. The number of nitrogens with zero attached hydrogens (tertiary/aromatic N) is 4. The minimum atomic E-state index is -4.59. The Bertz CT molecular complexity index is 668. The summed E-state index contributed by atoms with van der Waals surface area (Å²) >= 11 is 0. The number of halogens is 3. The number of hydrogen-bond donors (Lipinski definition) is 2. The maximum absolute atomic E-state index is 12.9. The average molecular weight is 328 g/mol. The van der Waals surface area contributed by atoms with Crippen molar-refractivity contribution in [3.05, 3.63) is 12.2 Å². The molecule has 3 rings (SSSR count). The van der Waals surface area contributed by atoms with Crippen LogP contribution in [0.15, 0.2) is 6.33 Å². The van der Waals surface area contributed by atoms with E-state index in [1.807, 2.05) is 0 Å². The summed E-state index contributed by atoms with van der Waals surface area (Å²) in [7, 11) is 0. The van der Waals surface area contributed by atoms with Gasteiger partial charge in [0, 0.05) is 19.6 Å². The van der Waals surface area contributed by atoms with Crippen molar-refractivity contribution in [2.24, 2.45) is 5.92 Å². The van der Waals surface area contributed by atoms with Crippen molar-refractivity contribution in [3.8, 4) is 0 Å². The van der Waals surface area contributed by atoms with Gasteiger partial charge >= 0.3 is 6.18 Å². The zero-order valence-electron chi connectivity index (χ0n) is 12.8. The zero-order chi connectivity index (χ0) is 16.4. The van der Waals surface area contributed by atoms with Crippen LogP contribution >= 0.6 is 0 Å². The van der Waals surface area contributed by atoms with Crippen LogP contribution in [0.4, 0.5) is 19.0 Å². The van der Waals surface area contributed by atoms with E-state index in [2.05, 4.69) is 37.1 Å². The molecule has 126 valence electrons. The number of piperidine rings is 1. The number of rotatable bonds is 4. The molecule has 9 heteroatoms. The van der Waals surface area contributed by atoms with E-state index < -0.39 is 12.0 Å². The van der Waals surface area contributed by atoms with Crippen LogP contribution in [0.25, 0.3) is 11.2 Å². The Labute approximate surface area is 131 Å². The molecule has 1 unspecified atom stereocenters. The molecule has 1 atom stereocenters. The molecule has 1 aliphatic rings. The lowest BCUT2D eigenvalue weighted by Gasteiger charge is -2.30. The minimum Gasteiger partial charge on any atom is -0.367 e. The van der Waals surface area contributed by atoms with Crippen molar-refractivity contribution in [3.63, 3.8) is 0 Å². The molecule has 2 N–H and O–H groups in total. The number of likely N-dealkylation sites (tertiary alicyclic amines) is 1. The van der Waals surface area contributed by atoms with E-state index in [1.165, 1.54) is 12.7 Å². The minimum absolute atomic E-state index is 0.0152. The molecule has 0 saturated carbocycles. The van der Waals surface area contributed by atoms with Gasteiger partial charge in [-0.15, -0.1) is 0 Å². The third kappa shape index (κ3) is 3.72. The van der Waals surface area contributed by atoms with Crippen molar-refractivity contribution in [1.29, 1.82) is 0 Å². The first kappa shape index (κ1) is 16.0. The number of imidazole rings is 1. The second-order valence-electron chi connectivity index (χ2n) is 5.97. The Balaban J connectivity index is 1.70. The predicted octanol–water partition coefficient (Wildman–Crippen LogP) is 2.52. The highest BCUT2D eigenvalue weighted by molar-refractivity contribution is 5.82. The van der Waals surface area contributed by atoms with Gasteiger partial charge in [-0.3, -0.25) is 0 Å². The van der Waals surface area contributed by atoms with Gasteiger partial charge in [0.2, 0.25) is 5.82 Å². The molecule has 0 aliphatic carbocycles. The second kappa shape index (κ2) is 6.31. The number of hydrogen-bond acceptors (Lipinski definition) is 5. The number of nitrogens with one attached hydrogen (secondary N) is 2. The SMILES string of the molecule is CC1CCCN(CCNc2nc(C(F)(F)F)nc3nc[nH]c23)C1. The van der Waals surface area contributed by atoms with E-state index in [9.17, 15) is 13.2 Å². The Morgan fingerprint density at radius 1 is 1.39 bits per heavy atom. The summed E-state index contributed by atoms with van der Waals surface area (Å²) in [6, 6.07) is 0. The maximum atomic E-state index is 12.9. The number of aromatic amines is 1. The van der Waals surface area contributed by atoms with Gasteiger partial charge in [0.05, 0.1) is 6.33 Å². The summed E-state index contributed by atoms with van der Waals surface area (Å²) in [6.45, 7) is 5.57. The van der Waals surface area contributed by atoms with E-state index in [4.69, 9.17) is 0 Å². The average Bonchev–Trinajstić information content (AvgIpc) is 2.95. The van der Waals surface area contributed by atoms with Gasteiger partial charge in [0.25, 0.3) is 0 Å². The van der Waals surface area contributed by atoms with Crippen molar-refractivity contribution < 1.29 is 13.2 Å². The lowest BCUT2D eigenvalue weighted by Crippen LogP contribution is -2.37. The molecule has 1 aliphatic heterocycles. The van der Waals surface area contributed by atoms with Crippen LogP contribution in [0.1, 0.15) is 25.6 Å². The van der Waals surface area contributed by atoms with Crippen LogP contribution in [0.2, 0.25) is 0 Å². The van der Waals surface area contributed by atoms with Crippen molar-refractivity contribution >= 4 is 17.0 Å². The number of fused-ring (bicyclic) bond motifs is 1. The molecular weight excluding hydrogens is 309 g/mol. The monoisotopic (exact) mass is 328 g/mol. The van der Waals surface area contributed by atoms with Gasteiger partial charge in [-0.2, -0.15) is 13.2 Å². The molecule has 0 amide bonds. The highest BCUT2D eigenvalue weighted by Gasteiger charge is 2.36. The molecular formula is C14H19F3N6. The summed E-state index contributed by atoms with van der Waals surface area (Å²) < 4.78 is 38.6. The maximum Gasteiger partial charge on any atom is 0.451 e. The smallest absolute Gasteiger partial charge is 0.367 e. The molecule has 2 aromatic rings. The normalized spacial score (nSPS) is 20.1. The van der Waals surface area contributed by atoms with Crippen LogP contribution in [0.3, 0.4) is 0 Å². The van der Waals surface area contributed by atoms with Crippen LogP contribution in [-0.2, 0) is 6.18 Å². The van der Waals surface area contributed by atoms with Gasteiger partial charge in [0.15, 0.2) is 11.5 Å². The first-order valence-corrected chi connectivity index (χ1v) is 7.68. The highest BCUT2D eigenvalue weighted by atomic mass is 19.4. The number of H-pyrrole nitrogens is 1. The standard InChI is InChI=1S/C14H19F3N6/c1-9-3-2-5-23(7-9)6-4-18-11-10-12(20-8-19-10)22-13(21-11)14(15,16)17/h8-9H,2-7H2,1H3,(H2,18,19,20,21,22). The Hall–Kier alpha value is -1.90. The van der Waals surface area contributed by atoms with Gasteiger partial charge in [-0.25, -0.2) is 15.0 Å². The molecule has 0 radical (unpaired) electrons. The van der Waals surface area contributed by atoms with E-state index in [0.29, 0.717) is 18.0 Å². The summed E-state index contributed by atoms with van der Waals surface area (Å²) in [4.78, 5) is 16.0. The van der Waals surface area contributed by atoms with Gasteiger partial charge in [-0.1, -0.05) is 6.92 Å². The molecule has 0 spiro atoms. The molecule has 1 fully saturated rings. The molecule has 2 aromatic heterocycles. The van der Waals surface area contributed by atoms with E-state index in [-0.39, 0.29) is 11.5 Å². The molecule has 6 nitrogen and oxygen atoms in total. The number of alkyl halides is 3. The van der Waals surface area contributed by atoms with Crippen LogP contribution in [-0.4, -0.2) is 51.0 Å². The number of anilines is 1. The van der Waals surface area contributed by atoms with Crippen molar-refractivity contribution in [1.82, 2.24) is 24.8 Å². The third-order valence-electron chi connectivity index (χ3n) is 4.00. The van der Waals surface area contributed by atoms with Crippen molar-refractivity contribution in [2.45, 2.75) is 25.9 Å². The quantitative estimate of drug-likeness (QED) is 0.902. The fourth-order valence-corrected chi connectivity index (χ4v) is 2.91. The first-order valence-electron chi connectivity index (χ1n) is 7.68. The third-order valence-corrected chi connectivity index (χ3v) is 4.00. The molecule has 1 saturated heterocycles. The second-order valence-corrected chi connectivity index (χ2v) is 5.97. The predicted molar refractivity (Wildman–Crippen MR) is 80.0 cm³/mol. The fraction of sp³-hybridized carbons (Fsp3) is 0.643. The fourth-order valence-electron chi connectivity index (χ4n) is 2.91. The lowest BCUT2D eigenvalue weighted by atomic mass is 10.0. The number of aromatic nitrogens is 4. The molecule has 0 bridgehead atoms. The topological polar surface area (TPSA) is 69.7 Å². The summed E-state index contributed by atoms with van der Waals surface area (Å²) in [5.41, 5.74) is 0.409. The van der Waals surface area contributed by atoms with Crippen molar-refractivity contribution in [2.75, 3.05) is 31.5 Å². The van der Waals surface area contributed by atoms with E-state index >= 15 is 0 Å². The zero-order valence-corrected chi connectivity index (χ0v) is 12.8. The van der Waals surface area contributed by atoms with E-state index in [1.54, 1.807) is 0 Å². The largest absolute Gasteiger partial charge is 0.451 e. The van der Waals surface area contributed by atoms with Crippen LogP contribution in [0.5, 0.6) is 0 Å². The molecule has 0 aromatic carbocycles. The summed E-state index contributed by atoms with van der Waals surface area (Å²) in [5, 5.41) is 2.98. The van der Waals surface area contributed by atoms with E-state index in [0.717, 1.165) is 26.1 Å². The highest BCUT2D eigenvalue weighted by Crippen LogP contribution is 2.29. The molecule has 23 heavy (non-hydrogen) atoms. The van der Waals surface area contributed by atoms with Crippen LogP contribution < -0.4 is 5.32 Å². The first-order chi connectivity index (χ1) is 10.9. The summed E-state index contributed by atoms with van der Waals surface area (Å²) in [6.07, 6.45) is -0.875. The Kier molecular flexibility index (Phi) is 4.38. The lowest BCUT2D eigenvalue weighted by molar-refractivity contribution is -0.144. The van der Waals surface area contributed by atoms with Gasteiger partial charge in [0.1, 0.15) is 5.52 Å². The van der Waals surface area contributed by atoms with Crippen LogP contribution in [0, 0.1) is 5.92 Å². The molecule has 3 heterocycles. The van der Waals surface area contributed by atoms with Gasteiger partial charge < -0.3 is 15.2 Å². The Morgan fingerprint density at radius 2 is 2.22 bits per heavy atom. The summed E-state index contributed by atoms with van der Waals surface area (Å²) in [5.74, 6) is -0.366.